The Bertz CT molecular complexity index is 484. The van der Waals surface area contributed by atoms with Gasteiger partial charge in [0.2, 0.25) is 0 Å². The van der Waals surface area contributed by atoms with E-state index in [9.17, 15) is 4.79 Å². The number of amides is 1. The highest BCUT2D eigenvalue weighted by molar-refractivity contribution is 7.80. The molecule has 2 rings (SSSR count). The van der Waals surface area contributed by atoms with Gasteiger partial charge in [-0.15, -0.1) is 0 Å². The number of ether oxygens (including phenoxy) is 1. The van der Waals surface area contributed by atoms with E-state index < -0.39 is 0 Å². The largest absolute Gasteiger partial charge is 0.380 e. The lowest BCUT2D eigenvalue weighted by Crippen LogP contribution is -2.49. The summed E-state index contributed by atoms with van der Waals surface area (Å²) in [7, 11) is 1.64. The molecule has 6 heteroatoms. The molecule has 5 nitrogen and oxygen atoms in total. The maximum Gasteiger partial charge on any atom is 0.269 e. The van der Waals surface area contributed by atoms with Gasteiger partial charge in [-0.3, -0.25) is 15.6 Å². The molecule has 1 aromatic rings. The van der Waals surface area contributed by atoms with Crippen molar-refractivity contribution in [3.8, 4) is 0 Å². The van der Waals surface area contributed by atoms with Gasteiger partial charge in [-0.2, -0.15) is 0 Å². The fourth-order valence-corrected chi connectivity index (χ4v) is 2.61. The van der Waals surface area contributed by atoms with Crippen molar-refractivity contribution in [3.63, 3.8) is 0 Å². The highest BCUT2D eigenvalue weighted by atomic mass is 32.1. The Morgan fingerprint density at radius 1 is 1.24 bits per heavy atom. The van der Waals surface area contributed by atoms with Gasteiger partial charge in [0.1, 0.15) is 0 Å². The summed E-state index contributed by atoms with van der Waals surface area (Å²) in [5.74, 6) is -0.213. The third-order valence-corrected chi connectivity index (χ3v) is 3.73. The van der Waals surface area contributed by atoms with Crippen LogP contribution in [0.5, 0.6) is 0 Å². The monoisotopic (exact) mass is 307 g/mol. The molecule has 0 saturated heterocycles. The second kappa shape index (κ2) is 7.95. The molecule has 0 bridgehead atoms. The third-order valence-electron chi connectivity index (χ3n) is 3.51. The minimum Gasteiger partial charge on any atom is -0.380 e. The summed E-state index contributed by atoms with van der Waals surface area (Å²) in [4.78, 5) is 12.0. The van der Waals surface area contributed by atoms with Crippen LogP contribution in [0.25, 0.3) is 0 Å². The number of rotatable bonds is 4. The number of hydrogen-bond donors (Lipinski definition) is 3. The zero-order chi connectivity index (χ0) is 15.1. The van der Waals surface area contributed by atoms with Crippen molar-refractivity contribution in [2.24, 2.45) is 0 Å². The molecule has 0 unspecified atom stereocenters. The van der Waals surface area contributed by atoms with Gasteiger partial charge < -0.3 is 10.1 Å². The third kappa shape index (κ3) is 4.99. The number of hydrazine groups is 1. The first-order valence-electron chi connectivity index (χ1n) is 7.14. The summed E-state index contributed by atoms with van der Waals surface area (Å²) in [6, 6.07) is 7.69. The Labute approximate surface area is 130 Å². The minimum atomic E-state index is -0.213. The fraction of sp³-hybridized carbons (Fsp3) is 0.467. The van der Waals surface area contributed by atoms with E-state index >= 15 is 0 Å². The Kier molecular flexibility index (Phi) is 5.95. The lowest BCUT2D eigenvalue weighted by Gasteiger charge is -2.16. The van der Waals surface area contributed by atoms with E-state index in [1.165, 1.54) is 12.8 Å². The van der Waals surface area contributed by atoms with Crippen LogP contribution in [0.2, 0.25) is 0 Å². The van der Waals surface area contributed by atoms with Crippen LogP contribution >= 0.6 is 12.2 Å². The lowest BCUT2D eigenvalue weighted by molar-refractivity contribution is 0.0943. The number of benzene rings is 1. The van der Waals surface area contributed by atoms with Gasteiger partial charge >= 0.3 is 0 Å². The summed E-state index contributed by atoms with van der Waals surface area (Å²) in [6.45, 7) is 0.537. The van der Waals surface area contributed by atoms with Crippen LogP contribution in [-0.2, 0) is 11.3 Å². The van der Waals surface area contributed by atoms with Gasteiger partial charge in [0.05, 0.1) is 6.61 Å². The zero-order valence-corrected chi connectivity index (χ0v) is 13.0. The van der Waals surface area contributed by atoms with Crippen molar-refractivity contribution in [1.82, 2.24) is 16.2 Å². The molecule has 0 aliphatic heterocycles. The first-order chi connectivity index (χ1) is 10.2. The number of carbonyl (C=O) groups excluding carboxylic acids is 1. The summed E-state index contributed by atoms with van der Waals surface area (Å²) in [6.07, 6.45) is 4.74. The van der Waals surface area contributed by atoms with Crippen LogP contribution in [-0.4, -0.2) is 24.2 Å². The smallest absolute Gasteiger partial charge is 0.269 e. The summed E-state index contributed by atoms with van der Waals surface area (Å²) >= 11 is 5.16. The van der Waals surface area contributed by atoms with Crippen LogP contribution in [0.3, 0.4) is 0 Å². The molecule has 1 fully saturated rings. The van der Waals surface area contributed by atoms with Gasteiger partial charge in [-0.1, -0.05) is 25.0 Å². The second-order valence-corrected chi connectivity index (χ2v) is 5.57. The number of nitrogens with one attached hydrogen (secondary N) is 3. The van der Waals surface area contributed by atoms with Crippen LogP contribution in [0, 0.1) is 0 Å². The standard InChI is InChI=1S/C15H21N3O2S/c1-20-10-11-6-8-12(9-7-11)14(19)17-18-15(21)16-13-4-2-3-5-13/h6-9,13H,2-5,10H2,1H3,(H,17,19)(H2,16,18,21). The number of methoxy groups -OCH3 is 1. The van der Waals surface area contributed by atoms with Gasteiger partial charge in [-0.25, -0.2) is 0 Å². The van der Waals surface area contributed by atoms with E-state index in [0.29, 0.717) is 23.3 Å². The molecule has 0 heterocycles. The Morgan fingerprint density at radius 2 is 1.90 bits per heavy atom. The molecule has 1 aromatic carbocycles. The molecule has 1 aliphatic rings. The van der Waals surface area contributed by atoms with Crippen molar-refractivity contribution in [2.45, 2.75) is 38.3 Å². The second-order valence-electron chi connectivity index (χ2n) is 5.16. The molecular formula is C15H21N3O2S. The molecule has 0 radical (unpaired) electrons. The van der Waals surface area contributed by atoms with Crippen molar-refractivity contribution in [3.05, 3.63) is 35.4 Å². The Balaban J connectivity index is 1.76. The average molecular weight is 307 g/mol. The zero-order valence-electron chi connectivity index (χ0n) is 12.1. The molecule has 3 N–H and O–H groups in total. The SMILES string of the molecule is COCc1ccc(C(=O)NNC(=S)NC2CCCC2)cc1. The van der Waals surface area contributed by atoms with Crippen molar-refractivity contribution in [2.75, 3.05) is 7.11 Å². The van der Waals surface area contributed by atoms with Crippen LogP contribution in [0.4, 0.5) is 0 Å². The van der Waals surface area contributed by atoms with E-state index in [1.807, 2.05) is 12.1 Å². The average Bonchev–Trinajstić information content (AvgIpc) is 2.99. The van der Waals surface area contributed by atoms with Gasteiger partial charge in [0.15, 0.2) is 5.11 Å². The predicted octanol–water partition coefficient (Wildman–Crippen LogP) is 1.88. The lowest BCUT2D eigenvalue weighted by atomic mass is 10.1. The maximum atomic E-state index is 12.0. The molecule has 0 atom stereocenters. The van der Waals surface area contributed by atoms with Gasteiger partial charge in [-0.05, 0) is 42.8 Å². The Morgan fingerprint density at radius 3 is 2.52 bits per heavy atom. The topological polar surface area (TPSA) is 62.4 Å². The van der Waals surface area contributed by atoms with E-state index in [1.54, 1.807) is 19.2 Å². The number of carbonyl (C=O) groups is 1. The predicted molar refractivity (Wildman–Crippen MR) is 85.7 cm³/mol. The molecule has 1 aliphatic carbocycles. The van der Waals surface area contributed by atoms with Crippen LogP contribution < -0.4 is 16.2 Å². The highest BCUT2D eigenvalue weighted by Crippen LogP contribution is 2.17. The molecule has 114 valence electrons. The van der Waals surface area contributed by atoms with Crippen molar-refractivity contribution in [1.29, 1.82) is 0 Å². The van der Waals surface area contributed by atoms with Crippen LogP contribution in [0.1, 0.15) is 41.6 Å². The van der Waals surface area contributed by atoms with Gasteiger partial charge in [0, 0.05) is 18.7 Å². The van der Waals surface area contributed by atoms with Crippen LogP contribution in [0.15, 0.2) is 24.3 Å². The summed E-state index contributed by atoms with van der Waals surface area (Å²) in [5.41, 5.74) is 6.95. The highest BCUT2D eigenvalue weighted by Gasteiger charge is 2.15. The van der Waals surface area contributed by atoms with E-state index in [0.717, 1.165) is 18.4 Å². The molecule has 0 aromatic heterocycles. The molecule has 21 heavy (non-hydrogen) atoms. The number of hydrogen-bond acceptors (Lipinski definition) is 3. The van der Waals surface area contributed by atoms with E-state index in [2.05, 4.69) is 16.2 Å². The molecule has 1 saturated carbocycles. The maximum absolute atomic E-state index is 12.0. The Hall–Kier alpha value is -1.66. The summed E-state index contributed by atoms with van der Waals surface area (Å²) in [5, 5.41) is 3.66. The first-order valence-corrected chi connectivity index (χ1v) is 7.54. The number of thiocarbonyl (C=S) groups is 1. The molecule has 1 amide bonds. The van der Waals surface area contributed by atoms with E-state index in [4.69, 9.17) is 17.0 Å². The molecule has 0 spiro atoms. The normalized spacial score (nSPS) is 14.7. The fourth-order valence-electron chi connectivity index (χ4n) is 2.40. The van der Waals surface area contributed by atoms with Gasteiger partial charge in [0.25, 0.3) is 5.91 Å². The molecular weight excluding hydrogens is 286 g/mol. The van der Waals surface area contributed by atoms with Crippen molar-refractivity contribution < 1.29 is 9.53 Å². The van der Waals surface area contributed by atoms with E-state index in [-0.39, 0.29) is 5.91 Å². The minimum absolute atomic E-state index is 0.213. The van der Waals surface area contributed by atoms with Crippen molar-refractivity contribution >= 4 is 23.2 Å². The first kappa shape index (κ1) is 15.7. The quantitative estimate of drug-likeness (QED) is 0.586. The summed E-state index contributed by atoms with van der Waals surface area (Å²) < 4.78 is 5.03.